The summed E-state index contributed by atoms with van der Waals surface area (Å²) in [5.74, 6) is -1.32. The summed E-state index contributed by atoms with van der Waals surface area (Å²) >= 11 is 5.55. The number of halogens is 4. The molecule has 0 aliphatic carbocycles. The van der Waals surface area contributed by atoms with Crippen molar-refractivity contribution in [3.05, 3.63) is 28.8 Å². The summed E-state index contributed by atoms with van der Waals surface area (Å²) in [6, 6.07) is 2.22. The molecule has 1 aliphatic rings. The molecule has 0 radical (unpaired) electrons. The van der Waals surface area contributed by atoms with Gasteiger partial charge in [0.25, 0.3) is 5.91 Å². The molecule has 1 fully saturated rings. The Kier molecular flexibility index (Phi) is 7.15. The third-order valence-electron chi connectivity index (χ3n) is 4.73. The van der Waals surface area contributed by atoms with Gasteiger partial charge in [-0.2, -0.15) is 13.2 Å². The van der Waals surface area contributed by atoms with Gasteiger partial charge in [0.1, 0.15) is 12.1 Å². The molecule has 6 nitrogen and oxygen atoms in total. The number of urea groups is 1. The highest BCUT2D eigenvalue weighted by atomic mass is 35.5. The van der Waals surface area contributed by atoms with Crippen molar-refractivity contribution in [3.8, 4) is 0 Å². The normalized spacial score (nSPS) is 19.4. The van der Waals surface area contributed by atoms with E-state index in [1.54, 1.807) is 6.92 Å². The second-order valence-electron chi connectivity index (χ2n) is 7.20. The molecule has 1 aromatic rings. The van der Waals surface area contributed by atoms with Crippen LogP contribution in [0.15, 0.2) is 18.2 Å². The zero-order valence-corrected chi connectivity index (χ0v) is 16.9. The number of rotatable bonds is 8. The van der Waals surface area contributed by atoms with E-state index in [2.05, 4.69) is 17.6 Å². The topological polar surface area (TPSA) is 78.5 Å². The van der Waals surface area contributed by atoms with Crippen LogP contribution in [-0.4, -0.2) is 34.8 Å². The standard InChI is InChI=1S/C19H23ClF3N3O3/c1-3-4-5-6-9-18(2)16(28)26(17(29)25-18)11-15(27)24-12-7-8-14(20)13(10-12)19(21,22)23/h7-8,10H,3-6,9,11H2,1-2H3,(H,24,27)(H,25,29). The van der Waals surface area contributed by atoms with Gasteiger partial charge >= 0.3 is 12.2 Å². The maximum atomic E-state index is 12.9. The van der Waals surface area contributed by atoms with Crippen LogP contribution in [0.2, 0.25) is 5.02 Å². The van der Waals surface area contributed by atoms with Crippen molar-refractivity contribution in [2.24, 2.45) is 0 Å². The van der Waals surface area contributed by atoms with Crippen LogP contribution in [0.4, 0.5) is 23.7 Å². The minimum atomic E-state index is -4.68. The fraction of sp³-hybridized carbons (Fsp3) is 0.526. The molecule has 0 bridgehead atoms. The maximum absolute atomic E-state index is 12.9. The first-order valence-corrected chi connectivity index (χ1v) is 9.66. The molecule has 1 atom stereocenters. The first kappa shape index (κ1) is 23.0. The summed E-state index contributed by atoms with van der Waals surface area (Å²) in [7, 11) is 0. The number of carbonyl (C=O) groups excluding carboxylic acids is 3. The van der Waals surface area contributed by atoms with E-state index < -0.39 is 46.7 Å². The molecule has 1 aliphatic heterocycles. The van der Waals surface area contributed by atoms with E-state index in [9.17, 15) is 27.6 Å². The Morgan fingerprint density at radius 1 is 1.24 bits per heavy atom. The number of unbranched alkanes of at least 4 members (excludes halogenated alkanes) is 3. The molecule has 1 aromatic carbocycles. The Bertz CT molecular complexity index is 801. The second kappa shape index (κ2) is 9.02. The van der Waals surface area contributed by atoms with Crippen molar-refractivity contribution in [2.45, 2.75) is 57.7 Å². The Balaban J connectivity index is 2.02. The Labute approximate surface area is 171 Å². The first-order valence-electron chi connectivity index (χ1n) is 9.28. The molecule has 0 saturated carbocycles. The van der Waals surface area contributed by atoms with Crippen molar-refractivity contribution in [1.29, 1.82) is 0 Å². The number of hydrogen-bond acceptors (Lipinski definition) is 3. The van der Waals surface area contributed by atoms with Crippen molar-refractivity contribution >= 4 is 35.1 Å². The largest absolute Gasteiger partial charge is 0.417 e. The number of nitrogens with zero attached hydrogens (tertiary/aromatic N) is 1. The highest BCUT2D eigenvalue weighted by molar-refractivity contribution is 6.31. The van der Waals surface area contributed by atoms with Crippen molar-refractivity contribution in [2.75, 3.05) is 11.9 Å². The molecule has 29 heavy (non-hydrogen) atoms. The van der Waals surface area contributed by atoms with Gasteiger partial charge in [-0.25, -0.2) is 4.79 Å². The molecule has 0 aromatic heterocycles. The number of amides is 4. The fourth-order valence-electron chi connectivity index (χ4n) is 3.13. The molecule has 1 saturated heterocycles. The van der Waals surface area contributed by atoms with E-state index in [4.69, 9.17) is 11.6 Å². The summed E-state index contributed by atoms with van der Waals surface area (Å²) in [6.07, 6.45) is -0.505. The van der Waals surface area contributed by atoms with Gasteiger partial charge in [-0.05, 0) is 31.5 Å². The summed E-state index contributed by atoms with van der Waals surface area (Å²) in [5, 5.41) is 4.37. The van der Waals surface area contributed by atoms with Gasteiger partial charge in [-0.1, -0.05) is 44.2 Å². The van der Waals surface area contributed by atoms with Crippen LogP contribution in [0.5, 0.6) is 0 Å². The highest BCUT2D eigenvalue weighted by Gasteiger charge is 2.47. The van der Waals surface area contributed by atoms with Gasteiger partial charge < -0.3 is 10.6 Å². The Morgan fingerprint density at radius 3 is 2.55 bits per heavy atom. The lowest BCUT2D eigenvalue weighted by molar-refractivity contribution is -0.137. The molecular formula is C19H23ClF3N3O3. The third-order valence-corrected chi connectivity index (χ3v) is 5.06. The molecule has 1 unspecified atom stereocenters. The number of carbonyl (C=O) groups is 3. The molecule has 2 N–H and O–H groups in total. The highest BCUT2D eigenvalue weighted by Crippen LogP contribution is 2.36. The average molecular weight is 434 g/mol. The van der Waals surface area contributed by atoms with Crippen LogP contribution < -0.4 is 10.6 Å². The number of benzene rings is 1. The lowest BCUT2D eigenvalue weighted by Gasteiger charge is -2.21. The van der Waals surface area contributed by atoms with Crippen LogP contribution >= 0.6 is 11.6 Å². The van der Waals surface area contributed by atoms with Crippen molar-refractivity contribution in [3.63, 3.8) is 0 Å². The van der Waals surface area contributed by atoms with Gasteiger partial charge in [-0.3, -0.25) is 14.5 Å². The lowest BCUT2D eigenvalue weighted by atomic mass is 9.94. The zero-order valence-electron chi connectivity index (χ0n) is 16.2. The molecular weight excluding hydrogens is 411 g/mol. The summed E-state index contributed by atoms with van der Waals surface area (Å²) < 4.78 is 38.8. The Hall–Kier alpha value is -2.29. The van der Waals surface area contributed by atoms with Crippen LogP contribution in [0.1, 0.15) is 51.5 Å². The van der Waals surface area contributed by atoms with Crippen molar-refractivity contribution < 1.29 is 27.6 Å². The number of imide groups is 1. The molecule has 10 heteroatoms. The average Bonchev–Trinajstić information content (AvgIpc) is 2.83. The summed E-state index contributed by atoms with van der Waals surface area (Å²) in [6.45, 7) is 3.06. The van der Waals surface area contributed by atoms with Gasteiger partial charge in [0, 0.05) is 5.69 Å². The fourth-order valence-corrected chi connectivity index (χ4v) is 3.35. The van der Waals surface area contributed by atoms with E-state index in [1.165, 1.54) is 6.07 Å². The lowest BCUT2D eigenvalue weighted by Crippen LogP contribution is -2.44. The SMILES string of the molecule is CCCCCCC1(C)NC(=O)N(CC(=O)Nc2ccc(Cl)c(C(F)(F)F)c2)C1=O. The van der Waals surface area contributed by atoms with Gasteiger partial charge in [-0.15, -0.1) is 0 Å². The van der Waals surface area contributed by atoms with Crippen molar-refractivity contribution in [1.82, 2.24) is 10.2 Å². The first-order chi connectivity index (χ1) is 13.5. The number of alkyl halides is 3. The van der Waals surface area contributed by atoms with E-state index in [1.807, 2.05) is 0 Å². The monoisotopic (exact) mass is 433 g/mol. The van der Waals surface area contributed by atoms with E-state index in [-0.39, 0.29) is 5.69 Å². The Morgan fingerprint density at radius 2 is 1.93 bits per heavy atom. The predicted octanol–water partition coefficient (Wildman–Crippen LogP) is 4.58. The van der Waals surface area contributed by atoms with E-state index in [0.717, 1.165) is 36.6 Å². The van der Waals surface area contributed by atoms with Crippen LogP contribution in [0, 0.1) is 0 Å². The molecule has 0 spiro atoms. The van der Waals surface area contributed by atoms with Gasteiger partial charge in [0.05, 0.1) is 10.6 Å². The minimum Gasteiger partial charge on any atom is -0.325 e. The second-order valence-corrected chi connectivity index (χ2v) is 7.61. The van der Waals surface area contributed by atoms with Gasteiger partial charge in [0.2, 0.25) is 5.91 Å². The van der Waals surface area contributed by atoms with Crippen LogP contribution in [0.3, 0.4) is 0 Å². The van der Waals surface area contributed by atoms with E-state index in [0.29, 0.717) is 12.5 Å². The zero-order chi connectivity index (χ0) is 21.8. The smallest absolute Gasteiger partial charge is 0.325 e. The molecule has 4 amide bonds. The molecule has 160 valence electrons. The number of hydrogen-bond donors (Lipinski definition) is 2. The van der Waals surface area contributed by atoms with Crippen LogP contribution in [0.25, 0.3) is 0 Å². The molecule has 1 heterocycles. The number of anilines is 1. The molecule has 2 rings (SSSR count). The number of nitrogens with one attached hydrogen (secondary N) is 2. The van der Waals surface area contributed by atoms with Crippen LogP contribution in [-0.2, 0) is 15.8 Å². The predicted molar refractivity (Wildman–Crippen MR) is 102 cm³/mol. The summed E-state index contributed by atoms with van der Waals surface area (Å²) in [5.41, 5.74) is -2.32. The third kappa shape index (κ3) is 5.62. The van der Waals surface area contributed by atoms with Gasteiger partial charge in [0.15, 0.2) is 0 Å². The maximum Gasteiger partial charge on any atom is 0.417 e. The summed E-state index contributed by atoms with van der Waals surface area (Å²) in [4.78, 5) is 37.8. The quantitative estimate of drug-likeness (QED) is 0.465. The van der Waals surface area contributed by atoms with E-state index >= 15 is 0 Å². The minimum absolute atomic E-state index is 0.138.